The van der Waals surface area contributed by atoms with Gasteiger partial charge in [-0.05, 0) is 36.4 Å². The maximum Gasteiger partial charge on any atom is 0.170 e. The summed E-state index contributed by atoms with van der Waals surface area (Å²) >= 11 is 12.2. The number of halogens is 2. The molecule has 0 unspecified atom stereocenters. The lowest BCUT2D eigenvalue weighted by Gasteiger charge is -2.14. The first-order valence-corrected chi connectivity index (χ1v) is 8.90. The molecule has 0 saturated carbocycles. The van der Waals surface area contributed by atoms with Crippen LogP contribution in [0.4, 0.5) is 5.69 Å². The van der Waals surface area contributed by atoms with Crippen LogP contribution in [0.15, 0.2) is 65.7 Å². The van der Waals surface area contributed by atoms with E-state index in [1.165, 1.54) is 6.07 Å². The van der Waals surface area contributed by atoms with E-state index in [1.54, 1.807) is 31.5 Å². The van der Waals surface area contributed by atoms with Crippen molar-refractivity contribution in [3.8, 4) is 17.2 Å². The van der Waals surface area contributed by atoms with Gasteiger partial charge in [-0.25, -0.2) is 0 Å². The second-order valence-electron chi connectivity index (χ2n) is 5.65. The molecule has 0 aliphatic rings. The molecular weight excluding hydrogens is 385 g/mol. The van der Waals surface area contributed by atoms with E-state index in [0.717, 1.165) is 5.56 Å². The summed E-state index contributed by atoms with van der Waals surface area (Å²) in [6.07, 6.45) is 1.59. The van der Waals surface area contributed by atoms with Gasteiger partial charge in [0.15, 0.2) is 11.5 Å². The van der Waals surface area contributed by atoms with Crippen LogP contribution in [0, 0.1) is 0 Å². The van der Waals surface area contributed by atoms with E-state index < -0.39 is 0 Å². The molecule has 0 amide bonds. The average Bonchev–Trinajstić information content (AvgIpc) is 2.68. The highest BCUT2D eigenvalue weighted by Gasteiger charge is 2.11. The molecular formula is C21H17Cl2NO3. The van der Waals surface area contributed by atoms with E-state index >= 15 is 0 Å². The predicted octanol–water partition coefficient (Wildman–Crippen LogP) is 6.04. The van der Waals surface area contributed by atoms with E-state index in [0.29, 0.717) is 32.8 Å². The van der Waals surface area contributed by atoms with Crippen LogP contribution in [0.1, 0.15) is 11.1 Å². The van der Waals surface area contributed by atoms with Crippen molar-refractivity contribution in [1.82, 2.24) is 0 Å². The zero-order valence-electron chi connectivity index (χ0n) is 14.5. The Morgan fingerprint density at radius 1 is 1.04 bits per heavy atom. The van der Waals surface area contributed by atoms with Gasteiger partial charge in [0.05, 0.1) is 7.11 Å². The highest BCUT2D eigenvalue weighted by atomic mass is 35.5. The highest BCUT2D eigenvalue weighted by Crippen LogP contribution is 2.33. The van der Waals surface area contributed by atoms with Crippen molar-refractivity contribution in [1.29, 1.82) is 0 Å². The lowest BCUT2D eigenvalue weighted by Crippen LogP contribution is -2.01. The summed E-state index contributed by atoms with van der Waals surface area (Å²) in [6, 6.07) is 17.6. The number of nitrogens with zero attached hydrogens (tertiary/aromatic N) is 1. The van der Waals surface area contributed by atoms with Gasteiger partial charge in [0.25, 0.3) is 0 Å². The normalized spacial score (nSPS) is 10.9. The summed E-state index contributed by atoms with van der Waals surface area (Å²) in [4.78, 5) is 4.32. The predicted molar refractivity (Wildman–Crippen MR) is 109 cm³/mol. The van der Waals surface area contributed by atoms with Crippen LogP contribution in [0.3, 0.4) is 0 Å². The Kier molecular flexibility index (Phi) is 6.22. The lowest BCUT2D eigenvalue weighted by atomic mass is 10.2. The van der Waals surface area contributed by atoms with E-state index in [-0.39, 0.29) is 12.4 Å². The number of phenolic OH excluding ortho intramolecular Hbond substituents is 1. The van der Waals surface area contributed by atoms with Crippen LogP contribution in [0.2, 0.25) is 10.0 Å². The molecule has 3 rings (SSSR count). The summed E-state index contributed by atoms with van der Waals surface area (Å²) in [7, 11) is 1.57. The van der Waals surface area contributed by atoms with Crippen molar-refractivity contribution in [2.45, 2.75) is 6.61 Å². The number of hydrogen-bond acceptors (Lipinski definition) is 4. The summed E-state index contributed by atoms with van der Waals surface area (Å²) in [6.45, 7) is 0.281. The van der Waals surface area contributed by atoms with E-state index in [4.69, 9.17) is 32.7 Å². The summed E-state index contributed by atoms with van der Waals surface area (Å²) in [5.41, 5.74) is 1.92. The molecule has 3 aromatic carbocycles. The minimum Gasteiger partial charge on any atom is -0.506 e. The standard InChI is InChI=1S/C21H17Cl2NO3/c1-26-20-8-4-6-14(12-24-18-11-16(22)9-10-19(18)25)21(20)27-13-15-5-2-3-7-17(15)23/h2-12,25H,13H2,1H3. The maximum atomic E-state index is 9.92. The van der Waals surface area contributed by atoms with Crippen molar-refractivity contribution in [2.24, 2.45) is 4.99 Å². The zero-order chi connectivity index (χ0) is 19.2. The lowest BCUT2D eigenvalue weighted by molar-refractivity contribution is 0.284. The molecule has 0 heterocycles. The second kappa shape index (κ2) is 8.80. The van der Waals surface area contributed by atoms with E-state index in [1.807, 2.05) is 36.4 Å². The molecule has 3 aromatic rings. The van der Waals surface area contributed by atoms with Crippen LogP contribution in [0.25, 0.3) is 0 Å². The van der Waals surface area contributed by atoms with E-state index in [2.05, 4.69) is 4.99 Å². The fourth-order valence-electron chi connectivity index (χ4n) is 2.45. The zero-order valence-corrected chi connectivity index (χ0v) is 16.0. The monoisotopic (exact) mass is 401 g/mol. The molecule has 4 nitrogen and oxygen atoms in total. The Hall–Kier alpha value is -2.69. The number of aromatic hydroxyl groups is 1. The number of aliphatic imine (C=N–C) groups is 1. The Balaban J connectivity index is 1.90. The Labute approximate surface area is 167 Å². The molecule has 0 radical (unpaired) electrons. The summed E-state index contributed by atoms with van der Waals surface area (Å²) in [5.74, 6) is 1.14. The Morgan fingerprint density at radius 2 is 1.85 bits per heavy atom. The third kappa shape index (κ3) is 4.73. The molecule has 0 atom stereocenters. The van der Waals surface area contributed by atoms with Gasteiger partial charge in [-0.3, -0.25) is 4.99 Å². The van der Waals surface area contributed by atoms with Gasteiger partial charge in [0.2, 0.25) is 0 Å². The van der Waals surface area contributed by atoms with Crippen LogP contribution in [0.5, 0.6) is 17.2 Å². The molecule has 1 N–H and O–H groups in total. The topological polar surface area (TPSA) is 51.0 Å². The smallest absolute Gasteiger partial charge is 0.170 e. The van der Waals surface area contributed by atoms with E-state index in [9.17, 15) is 5.11 Å². The van der Waals surface area contributed by atoms with Gasteiger partial charge >= 0.3 is 0 Å². The first-order chi connectivity index (χ1) is 13.1. The SMILES string of the molecule is COc1cccc(C=Nc2cc(Cl)ccc2O)c1OCc1ccccc1Cl. The number of hydrogen-bond donors (Lipinski definition) is 1. The number of rotatable bonds is 6. The third-order valence-corrected chi connectivity index (χ3v) is 4.44. The van der Waals surface area contributed by atoms with Crippen LogP contribution in [-0.2, 0) is 6.61 Å². The summed E-state index contributed by atoms with van der Waals surface area (Å²) < 4.78 is 11.4. The van der Waals surface area contributed by atoms with Crippen molar-refractivity contribution < 1.29 is 14.6 Å². The van der Waals surface area contributed by atoms with Gasteiger partial charge in [-0.1, -0.05) is 47.5 Å². The van der Waals surface area contributed by atoms with Gasteiger partial charge in [0.1, 0.15) is 18.0 Å². The molecule has 27 heavy (non-hydrogen) atoms. The number of phenols is 1. The van der Waals surface area contributed by atoms with Gasteiger partial charge in [-0.15, -0.1) is 0 Å². The van der Waals surface area contributed by atoms with Crippen molar-refractivity contribution >= 4 is 35.1 Å². The van der Waals surface area contributed by atoms with Crippen molar-refractivity contribution in [3.05, 3.63) is 81.8 Å². The van der Waals surface area contributed by atoms with Crippen molar-refractivity contribution in [2.75, 3.05) is 7.11 Å². The largest absolute Gasteiger partial charge is 0.506 e. The van der Waals surface area contributed by atoms with Crippen molar-refractivity contribution in [3.63, 3.8) is 0 Å². The maximum absolute atomic E-state index is 9.92. The number of ether oxygens (including phenoxy) is 2. The minimum absolute atomic E-state index is 0.0390. The first-order valence-electron chi connectivity index (χ1n) is 8.14. The average molecular weight is 402 g/mol. The third-order valence-electron chi connectivity index (χ3n) is 3.84. The first kappa shape index (κ1) is 19.1. The summed E-state index contributed by atoms with van der Waals surface area (Å²) in [5, 5.41) is 11.0. The quantitative estimate of drug-likeness (QED) is 0.512. The molecule has 0 saturated heterocycles. The Morgan fingerprint density at radius 3 is 2.63 bits per heavy atom. The number of para-hydroxylation sites is 1. The van der Waals surface area contributed by atoms with Gasteiger partial charge in [0, 0.05) is 27.4 Å². The number of methoxy groups -OCH3 is 1. The molecule has 0 spiro atoms. The molecule has 0 aromatic heterocycles. The van der Waals surface area contributed by atoms with Crippen LogP contribution in [-0.4, -0.2) is 18.4 Å². The fourth-order valence-corrected chi connectivity index (χ4v) is 2.81. The fraction of sp³-hybridized carbons (Fsp3) is 0.0952. The van der Waals surface area contributed by atoms with Crippen LogP contribution >= 0.6 is 23.2 Å². The Bertz CT molecular complexity index is 973. The van der Waals surface area contributed by atoms with Crippen LogP contribution < -0.4 is 9.47 Å². The molecule has 0 aliphatic carbocycles. The minimum atomic E-state index is 0.0390. The second-order valence-corrected chi connectivity index (χ2v) is 6.49. The number of benzene rings is 3. The van der Waals surface area contributed by atoms with Gasteiger partial charge < -0.3 is 14.6 Å². The molecule has 0 bridgehead atoms. The molecule has 138 valence electrons. The highest BCUT2D eigenvalue weighted by molar-refractivity contribution is 6.31. The molecule has 0 aliphatic heterocycles. The molecule has 6 heteroatoms. The van der Waals surface area contributed by atoms with Gasteiger partial charge in [-0.2, -0.15) is 0 Å². The molecule has 0 fully saturated rings.